The zero-order chi connectivity index (χ0) is 20.3. The molecule has 2 aliphatic rings. The monoisotopic (exact) mass is 407 g/mol. The van der Waals surface area contributed by atoms with E-state index < -0.39 is 0 Å². The summed E-state index contributed by atoms with van der Waals surface area (Å²) >= 11 is 0. The van der Waals surface area contributed by atoms with Gasteiger partial charge in [0.1, 0.15) is 11.5 Å². The molecule has 0 spiro atoms. The third-order valence-corrected chi connectivity index (χ3v) is 5.60. The highest BCUT2D eigenvalue weighted by molar-refractivity contribution is 5.97. The SMILES string of the molecule is O=C(Cc1ccc2[nH]ccc2c1)c1cc(N2CCOCC2)nc(N2CCOCC2)n1. The number of benzene rings is 1. The third kappa shape index (κ3) is 4.01. The predicted molar refractivity (Wildman–Crippen MR) is 114 cm³/mol. The van der Waals surface area contributed by atoms with Crippen molar-refractivity contribution < 1.29 is 14.3 Å². The van der Waals surface area contributed by atoms with Gasteiger partial charge in [-0.3, -0.25) is 4.79 Å². The lowest BCUT2D eigenvalue weighted by atomic mass is 10.0. The van der Waals surface area contributed by atoms with Gasteiger partial charge in [0, 0.05) is 50.4 Å². The molecule has 2 aliphatic heterocycles. The highest BCUT2D eigenvalue weighted by atomic mass is 16.5. The Bertz CT molecular complexity index is 1000. The topological polar surface area (TPSA) is 83.6 Å². The first-order valence-corrected chi connectivity index (χ1v) is 10.4. The van der Waals surface area contributed by atoms with Gasteiger partial charge in [0.05, 0.1) is 26.4 Å². The first kappa shape index (κ1) is 19.0. The van der Waals surface area contributed by atoms with E-state index in [1.807, 2.05) is 30.5 Å². The number of hydrogen-bond acceptors (Lipinski definition) is 7. The number of fused-ring (bicyclic) bond motifs is 1. The molecular weight excluding hydrogens is 382 g/mol. The Balaban J connectivity index is 1.44. The number of Topliss-reactive ketones (excluding diaryl/α,β-unsaturated/α-hetero) is 1. The molecule has 8 heteroatoms. The van der Waals surface area contributed by atoms with E-state index in [4.69, 9.17) is 14.5 Å². The number of hydrogen-bond donors (Lipinski definition) is 1. The van der Waals surface area contributed by atoms with E-state index in [0.717, 1.165) is 48.5 Å². The average Bonchev–Trinajstić information content (AvgIpc) is 3.28. The van der Waals surface area contributed by atoms with Crippen LogP contribution in [0.4, 0.5) is 11.8 Å². The van der Waals surface area contributed by atoms with Gasteiger partial charge >= 0.3 is 0 Å². The highest BCUT2D eigenvalue weighted by Crippen LogP contribution is 2.22. The molecule has 156 valence electrons. The first-order valence-electron chi connectivity index (χ1n) is 10.4. The van der Waals surface area contributed by atoms with E-state index in [2.05, 4.69) is 25.8 Å². The molecule has 4 heterocycles. The van der Waals surface area contributed by atoms with Crippen LogP contribution in [-0.2, 0) is 15.9 Å². The van der Waals surface area contributed by atoms with E-state index in [1.165, 1.54) is 0 Å². The molecule has 0 amide bonds. The number of carbonyl (C=O) groups is 1. The summed E-state index contributed by atoms with van der Waals surface area (Å²) in [4.78, 5) is 30.0. The Hall–Kier alpha value is -2.97. The highest BCUT2D eigenvalue weighted by Gasteiger charge is 2.21. The number of rotatable bonds is 5. The van der Waals surface area contributed by atoms with Gasteiger partial charge in [-0.2, -0.15) is 4.98 Å². The first-order chi connectivity index (χ1) is 14.8. The molecule has 8 nitrogen and oxygen atoms in total. The van der Waals surface area contributed by atoms with Crippen LogP contribution < -0.4 is 9.80 Å². The zero-order valence-electron chi connectivity index (χ0n) is 16.8. The number of carbonyl (C=O) groups excluding carboxylic acids is 1. The molecule has 0 radical (unpaired) electrons. The van der Waals surface area contributed by atoms with Crippen molar-refractivity contribution in [1.82, 2.24) is 15.0 Å². The summed E-state index contributed by atoms with van der Waals surface area (Å²) in [6.07, 6.45) is 2.22. The molecular formula is C22H25N5O3. The number of morpholine rings is 2. The number of nitrogens with zero attached hydrogens (tertiary/aromatic N) is 4. The molecule has 0 aliphatic carbocycles. The van der Waals surface area contributed by atoms with Crippen molar-refractivity contribution >= 4 is 28.5 Å². The van der Waals surface area contributed by atoms with Gasteiger partial charge in [-0.15, -0.1) is 0 Å². The van der Waals surface area contributed by atoms with E-state index in [1.54, 1.807) is 0 Å². The Kier molecular flexibility index (Phi) is 5.33. The van der Waals surface area contributed by atoms with Crippen LogP contribution >= 0.6 is 0 Å². The summed E-state index contributed by atoms with van der Waals surface area (Å²) in [6, 6.07) is 9.89. The summed E-state index contributed by atoms with van der Waals surface area (Å²) in [7, 11) is 0. The lowest BCUT2D eigenvalue weighted by Gasteiger charge is -2.31. The van der Waals surface area contributed by atoms with Crippen molar-refractivity contribution in [2.45, 2.75) is 6.42 Å². The molecule has 0 atom stereocenters. The number of aromatic nitrogens is 3. The molecule has 1 N–H and O–H groups in total. The summed E-state index contributed by atoms with van der Waals surface area (Å²) in [5.74, 6) is 1.39. The van der Waals surface area contributed by atoms with Gasteiger partial charge in [-0.05, 0) is 29.1 Å². The van der Waals surface area contributed by atoms with Crippen LogP contribution in [0.3, 0.4) is 0 Å². The van der Waals surface area contributed by atoms with Crippen LogP contribution in [0, 0.1) is 0 Å². The minimum atomic E-state index is -0.00342. The number of H-pyrrole nitrogens is 1. The van der Waals surface area contributed by atoms with Crippen LogP contribution in [0.25, 0.3) is 10.9 Å². The zero-order valence-corrected chi connectivity index (χ0v) is 16.8. The molecule has 2 fully saturated rings. The van der Waals surface area contributed by atoms with E-state index >= 15 is 0 Å². The minimum absolute atomic E-state index is 0.00342. The van der Waals surface area contributed by atoms with Gasteiger partial charge in [-0.25, -0.2) is 4.98 Å². The van der Waals surface area contributed by atoms with Crippen molar-refractivity contribution in [3.05, 3.63) is 47.8 Å². The second-order valence-corrected chi connectivity index (χ2v) is 7.61. The molecule has 0 bridgehead atoms. The molecule has 3 aromatic rings. The summed E-state index contributed by atoms with van der Waals surface area (Å²) in [5, 5.41) is 1.10. The van der Waals surface area contributed by atoms with E-state index in [-0.39, 0.29) is 5.78 Å². The number of aromatic amines is 1. The molecule has 2 aromatic heterocycles. The Morgan fingerprint density at radius 3 is 2.43 bits per heavy atom. The second-order valence-electron chi connectivity index (χ2n) is 7.61. The predicted octanol–water partition coefficient (Wildman–Crippen LogP) is 2.06. The fourth-order valence-electron chi connectivity index (χ4n) is 3.91. The van der Waals surface area contributed by atoms with Gasteiger partial charge in [0.15, 0.2) is 5.78 Å². The van der Waals surface area contributed by atoms with Crippen molar-refractivity contribution in [3.63, 3.8) is 0 Å². The van der Waals surface area contributed by atoms with Gasteiger partial charge < -0.3 is 24.3 Å². The fraction of sp³-hybridized carbons (Fsp3) is 0.409. The fourth-order valence-corrected chi connectivity index (χ4v) is 3.91. The average molecular weight is 407 g/mol. The normalized spacial score (nSPS) is 17.5. The van der Waals surface area contributed by atoms with E-state index in [9.17, 15) is 4.79 Å². The molecule has 0 saturated carbocycles. The van der Waals surface area contributed by atoms with Crippen molar-refractivity contribution in [1.29, 1.82) is 0 Å². The molecule has 5 rings (SSSR count). The Labute approximate surface area is 174 Å². The maximum absolute atomic E-state index is 13.2. The van der Waals surface area contributed by atoms with E-state index in [0.29, 0.717) is 44.5 Å². The van der Waals surface area contributed by atoms with Crippen LogP contribution in [0.2, 0.25) is 0 Å². The molecule has 2 saturated heterocycles. The quantitative estimate of drug-likeness (QED) is 0.648. The maximum atomic E-state index is 13.2. The molecule has 1 aromatic carbocycles. The van der Waals surface area contributed by atoms with Crippen molar-refractivity contribution in [2.24, 2.45) is 0 Å². The smallest absolute Gasteiger partial charge is 0.228 e. The maximum Gasteiger partial charge on any atom is 0.228 e. The van der Waals surface area contributed by atoms with Crippen LogP contribution in [0.15, 0.2) is 36.5 Å². The van der Waals surface area contributed by atoms with Crippen LogP contribution in [-0.4, -0.2) is 73.3 Å². The van der Waals surface area contributed by atoms with Crippen LogP contribution in [0.1, 0.15) is 16.1 Å². The third-order valence-electron chi connectivity index (χ3n) is 5.60. The molecule has 30 heavy (non-hydrogen) atoms. The number of ether oxygens (including phenoxy) is 2. The summed E-state index contributed by atoms with van der Waals surface area (Å²) < 4.78 is 10.9. The minimum Gasteiger partial charge on any atom is -0.378 e. The van der Waals surface area contributed by atoms with Gasteiger partial charge in [0.2, 0.25) is 5.95 Å². The lowest BCUT2D eigenvalue weighted by molar-refractivity contribution is 0.0988. The van der Waals surface area contributed by atoms with Gasteiger partial charge in [0.25, 0.3) is 0 Å². The van der Waals surface area contributed by atoms with Crippen LogP contribution in [0.5, 0.6) is 0 Å². The summed E-state index contributed by atoms with van der Waals surface area (Å²) in [5.41, 5.74) is 2.51. The Morgan fingerprint density at radius 2 is 1.67 bits per heavy atom. The summed E-state index contributed by atoms with van der Waals surface area (Å²) in [6.45, 7) is 5.59. The number of nitrogens with one attached hydrogen (secondary N) is 1. The second kappa shape index (κ2) is 8.41. The van der Waals surface area contributed by atoms with Crippen molar-refractivity contribution in [3.8, 4) is 0 Å². The number of ketones is 1. The lowest BCUT2D eigenvalue weighted by Crippen LogP contribution is -2.39. The van der Waals surface area contributed by atoms with Crippen molar-refractivity contribution in [2.75, 3.05) is 62.4 Å². The molecule has 0 unspecified atom stereocenters. The standard InChI is InChI=1S/C22H25N5O3/c28-20(14-16-1-2-18-17(13-16)3-4-23-18)19-15-21(26-5-9-29-10-6-26)25-22(24-19)27-7-11-30-12-8-27/h1-4,13,15,23H,5-12,14H2. The van der Waals surface area contributed by atoms with Gasteiger partial charge in [-0.1, -0.05) is 6.07 Å². The Morgan fingerprint density at radius 1 is 0.933 bits per heavy atom. The largest absolute Gasteiger partial charge is 0.378 e. The number of anilines is 2.